The molecular weight excluding hydrogens is 582 g/mol. The lowest BCUT2D eigenvalue weighted by molar-refractivity contribution is -0.870. The first-order valence-electron chi connectivity index (χ1n) is 15.2. The minimum Gasteiger partial charge on any atom is -0.394 e. The van der Waals surface area contributed by atoms with Gasteiger partial charge in [0.05, 0.1) is 47.3 Å². The van der Waals surface area contributed by atoms with Gasteiger partial charge in [-0.05, 0) is 44.1 Å². The van der Waals surface area contributed by atoms with E-state index in [1.165, 1.54) is 6.92 Å². The highest BCUT2D eigenvalue weighted by Crippen LogP contribution is 2.09. The first-order chi connectivity index (χ1) is 21.0. The second-order valence-electron chi connectivity index (χ2n) is 12.6. The van der Waals surface area contributed by atoms with Crippen LogP contribution in [-0.2, 0) is 35.2 Å². The molecule has 0 heterocycles. The number of carbonyl (C=O) groups excluding carboxylic acids is 6. The Kier molecular flexibility index (Phi) is 16.8. The highest BCUT2D eigenvalue weighted by atomic mass is 16.3. The number of unbranched alkanes of at least 4 members (excludes halogenated alkanes) is 1. The topological polar surface area (TPSA) is 209 Å². The van der Waals surface area contributed by atoms with Crippen LogP contribution in [-0.4, -0.2) is 110 Å². The monoisotopic (exact) mass is 634 g/mol. The van der Waals surface area contributed by atoms with E-state index in [1.807, 2.05) is 53.2 Å². The van der Waals surface area contributed by atoms with Gasteiger partial charge in [0.15, 0.2) is 0 Å². The van der Waals surface area contributed by atoms with Crippen molar-refractivity contribution in [2.45, 2.75) is 77.0 Å². The van der Waals surface area contributed by atoms with E-state index in [-0.39, 0.29) is 37.6 Å². The number of benzene rings is 1. The van der Waals surface area contributed by atoms with Crippen LogP contribution in [0.3, 0.4) is 0 Å². The van der Waals surface area contributed by atoms with Crippen molar-refractivity contribution in [1.82, 2.24) is 26.6 Å². The van der Waals surface area contributed by atoms with E-state index in [9.17, 15) is 33.9 Å². The Morgan fingerprint density at radius 2 is 1.36 bits per heavy atom. The smallest absolute Gasteiger partial charge is 0.243 e. The number of amides is 6. The number of nitrogens with zero attached hydrogens (tertiary/aromatic N) is 1. The highest BCUT2D eigenvalue weighted by Gasteiger charge is 2.30. The molecule has 0 bridgehead atoms. The molecule has 0 fully saturated rings. The van der Waals surface area contributed by atoms with Crippen molar-refractivity contribution in [1.29, 1.82) is 0 Å². The summed E-state index contributed by atoms with van der Waals surface area (Å²) in [5.74, 6) is -3.79. The van der Waals surface area contributed by atoms with Crippen LogP contribution in [0.25, 0.3) is 0 Å². The Hall–Kier alpha value is -4.04. The Labute approximate surface area is 265 Å². The maximum absolute atomic E-state index is 13.4. The number of carbonyl (C=O) groups is 6. The predicted octanol–water partition coefficient (Wildman–Crippen LogP) is -1.30. The number of hydrogen-bond donors (Lipinski definition) is 7. The molecule has 4 atom stereocenters. The van der Waals surface area contributed by atoms with Gasteiger partial charge in [-0.2, -0.15) is 0 Å². The molecule has 0 saturated carbocycles. The molecule has 0 aliphatic heterocycles. The molecule has 14 nitrogen and oxygen atoms in total. The fourth-order valence-corrected chi connectivity index (χ4v) is 4.34. The molecule has 0 aliphatic carbocycles. The summed E-state index contributed by atoms with van der Waals surface area (Å²) in [6.45, 7) is 4.98. The van der Waals surface area contributed by atoms with E-state index < -0.39 is 60.3 Å². The lowest BCUT2D eigenvalue weighted by Gasteiger charge is -2.27. The van der Waals surface area contributed by atoms with Gasteiger partial charge < -0.3 is 41.9 Å². The fourth-order valence-electron chi connectivity index (χ4n) is 4.34. The van der Waals surface area contributed by atoms with Gasteiger partial charge in [0.25, 0.3) is 0 Å². The molecule has 1 aromatic carbocycles. The molecule has 1 aromatic rings. The van der Waals surface area contributed by atoms with Crippen LogP contribution in [0, 0.1) is 5.92 Å². The third-order valence-corrected chi connectivity index (χ3v) is 6.81. The predicted molar refractivity (Wildman–Crippen MR) is 169 cm³/mol. The van der Waals surface area contributed by atoms with E-state index in [2.05, 4.69) is 26.6 Å². The molecule has 14 heteroatoms. The molecule has 0 saturated heterocycles. The summed E-state index contributed by atoms with van der Waals surface area (Å²) in [5, 5.41) is 22.2. The Morgan fingerprint density at radius 3 is 1.91 bits per heavy atom. The van der Waals surface area contributed by atoms with Crippen LogP contribution in [0.5, 0.6) is 0 Å². The van der Waals surface area contributed by atoms with Crippen molar-refractivity contribution in [2.75, 3.05) is 40.8 Å². The first kappa shape index (κ1) is 39.0. The minimum absolute atomic E-state index is 0.0174. The van der Waals surface area contributed by atoms with Gasteiger partial charge in [-0.15, -0.1) is 0 Å². The van der Waals surface area contributed by atoms with Crippen molar-refractivity contribution in [2.24, 2.45) is 11.7 Å². The zero-order valence-corrected chi connectivity index (χ0v) is 27.4. The van der Waals surface area contributed by atoms with E-state index in [4.69, 9.17) is 5.73 Å². The molecule has 8 N–H and O–H groups in total. The third kappa shape index (κ3) is 16.6. The van der Waals surface area contributed by atoms with Gasteiger partial charge in [-0.3, -0.25) is 28.8 Å². The second kappa shape index (κ2) is 19.4. The van der Waals surface area contributed by atoms with Crippen molar-refractivity contribution >= 4 is 35.4 Å². The Morgan fingerprint density at radius 1 is 0.778 bits per heavy atom. The number of aliphatic hydroxyl groups is 1. The van der Waals surface area contributed by atoms with Gasteiger partial charge in [-0.1, -0.05) is 44.2 Å². The minimum atomic E-state index is -1.32. The maximum atomic E-state index is 13.4. The number of rotatable bonds is 20. The Balaban J connectivity index is 2.85. The van der Waals surface area contributed by atoms with Gasteiger partial charge in [0.2, 0.25) is 35.4 Å². The van der Waals surface area contributed by atoms with Crippen LogP contribution in [0.4, 0.5) is 0 Å². The van der Waals surface area contributed by atoms with Crippen LogP contribution in [0.2, 0.25) is 0 Å². The summed E-state index contributed by atoms with van der Waals surface area (Å²) in [4.78, 5) is 75.6. The van der Waals surface area contributed by atoms with Gasteiger partial charge in [-0.25, -0.2) is 0 Å². The van der Waals surface area contributed by atoms with E-state index in [0.29, 0.717) is 6.42 Å². The molecule has 1 rings (SSSR count). The summed E-state index contributed by atoms with van der Waals surface area (Å²) >= 11 is 0. The van der Waals surface area contributed by atoms with Crippen molar-refractivity contribution in [3.8, 4) is 0 Å². The van der Waals surface area contributed by atoms with Crippen molar-refractivity contribution in [3.05, 3.63) is 35.9 Å². The molecule has 6 amide bonds. The second-order valence-corrected chi connectivity index (χ2v) is 12.6. The molecule has 45 heavy (non-hydrogen) atoms. The number of nitrogens with one attached hydrogen (secondary N) is 5. The number of primary amides is 1. The van der Waals surface area contributed by atoms with Crippen LogP contribution in [0.15, 0.2) is 30.3 Å². The molecule has 0 radical (unpaired) electrons. The van der Waals surface area contributed by atoms with E-state index >= 15 is 0 Å². The fraction of sp³-hybridized carbons (Fsp3) is 0.613. The number of hydrogen-bond acceptors (Lipinski definition) is 7. The average Bonchev–Trinajstić information content (AvgIpc) is 2.95. The summed E-state index contributed by atoms with van der Waals surface area (Å²) in [6, 6.07) is 4.61. The summed E-state index contributed by atoms with van der Waals surface area (Å²) < 4.78 is 0.717. The maximum Gasteiger partial charge on any atom is 0.243 e. The van der Waals surface area contributed by atoms with E-state index in [0.717, 1.165) is 23.0 Å². The molecule has 0 aromatic heterocycles. The quantitative estimate of drug-likeness (QED) is 0.0681. The number of quaternary nitrogens is 1. The van der Waals surface area contributed by atoms with Crippen LogP contribution in [0.1, 0.15) is 52.0 Å². The van der Waals surface area contributed by atoms with Gasteiger partial charge in [0, 0.05) is 0 Å². The lowest BCUT2D eigenvalue weighted by Crippen LogP contribution is -2.58. The zero-order chi connectivity index (χ0) is 34.2. The molecule has 0 unspecified atom stereocenters. The molecule has 0 aliphatic rings. The summed E-state index contributed by atoms with van der Waals surface area (Å²) in [6.07, 6.45) is 1.94. The standard InChI is InChI=1S/C31H51N7O7/c1-20(2)16-24(36-29(43)21(3)34-27(41)18-33-26(40)17-22-12-8-7-9-13-22)31(45)35-23(14-10-11-15-38(4,5)6)30(44)37-25(19-39)28(32)42/h7-9,12-13,20-21,23-25,39H,10-11,14-19H2,1-6H3,(H6-,32,33,34,35,36,37,40,41,42,43,44,45)/p+1/t21-,23-,24-,25-/m0/s1. The largest absolute Gasteiger partial charge is 0.394 e. The van der Waals surface area contributed by atoms with Gasteiger partial charge >= 0.3 is 0 Å². The first-order valence-corrected chi connectivity index (χ1v) is 15.2. The normalized spacial score (nSPS) is 14.0. The third-order valence-electron chi connectivity index (χ3n) is 6.81. The lowest BCUT2D eigenvalue weighted by atomic mass is 10.0. The van der Waals surface area contributed by atoms with Gasteiger partial charge in [0.1, 0.15) is 24.2 Å². The number of nitrogens with two attached hydrogens (primary N) is 1. The van der Waals surface area contributed by atoms with Crippen LogP contribution >= 0.6 is 0 Å². The van der Waals surface area contributed by atoms with E-state index in [1.54, 1.807) is 12.1 Å². The van der Waals surface area contributed by atoms with Crippen molar-refractivity contribution in [3.63, 3.8) is 0 Å². The Bertz CT molecular complexity index is 1140. The molecule has 252 valence electrons. The highest BCUT2D eigenvalue weighted by molar-refractivity contribution is 5.95. The molecule has 0 spiro atoms. The van der Waals surface area contributed by atoms with Crippen molar-refractivity contribution < 1.29 is 38.4 Å². The summed E-state index contributed by atoms with van der Waals surface area (Å²) in [5.41, 5.74) is 6.04. The summed E-state index contributed by atoms with van der Waals surface area (Å²) in [7, 11) is 6.11. The SMILES string of the molecule is CC(C)C[C@H](NC(=O)[C@H](C)NC(=O)CNC(=O)Cc1ccccc1)C(=O)N[C@@H](CCCC[N+](C)(C)C)C(=O)N[C@@H](CO)C(N)=O. The molecular formula is C31H52N7O7+. The zero-order valence-electron chi connectivity index (χ0n) is 27.4. The van der Waals surface area contributed by atoms with Crippen LogP contribution < -0.4 is 32.3 Å². The number of aliphatic hydroxyl groups excluding tert-OH is 1. The average molecular weight is 635 g/mol.